The lowest BCUT2D eigenvalue weighted by molar-refractivity contribution is -0.0373. The van der Waals surface area contributed by atoms with Crippen LogP contribution in [0.5, 0.6) is 0 Å². The third-order valence-electron chi connectivity index (χ3n) is 3.21. The van der Waals surface area contributed by atoms with E-state index in [9.17, 15) is 13.6 Å². The van der Waals surface area contributed by atoms with E-state index in [0.29, 0.717) is 0 Å². The van der Waals surface area contributed by atoms with Gasteiger partial charge in [-0.15, -0.1) is 0 Å². The van der Waals surface area contributed by atoms with Gasteiger partial charge in [0.25, 0.3) is 5.92 Å². The smallest absolute Gasteiger partial charge is 0.405 e. The highest BCUT2D eigenvalue weighted by atomic mass is 19.3. The molecule has 0 radical (unpaired) electrons. The van der Waals surface area contributed by atoms with Crippen LogP contribution in [0.15, 0.2) is 30.3 Å². The second-order valence-corrected chi connectivity index (χ2v) is 4.80. The molecule has 1 aliphatic rings. The molecule has 0 aromatic heterocycles. The molecule has 1 aromatic rings. The first kappa shape index (κ1) is 12.8. The number of nitrogens with two attached hydrogens (primary N) is 1. The van der Waals surface area contributed by atoms with E-state index in [0.717, 1.165) is 5.56 Å². The van der Waals surface area contributed by atoms with Crippen molar-refractivity contribution in [2.45, 2.75) is 37.2 Å². The number of amides is 1. The molecule has 5 heteroatoms. The molecule has 2 rings (SSSR count). The van der Waals surface area contributed by atoms with Crippen molar-refractivity contribution >= 4 is 6.09 Å². The Morgan fingerprint density at radius 1 is 1.28 bits per heavy atom. The largest absolute Gasteiger partial charge is 0.443 e. The number of primary amides is 1. The summed E-state index contributed by atoms with van der Waals surface area (Å²) >= 11 is 0. The number of carbonyl (C=O) groups is 1. The molecule has 0 heterocycles. The predicted molar refractivity (Wildman–Crippen MR) is 62.3 cm³/mol. The minimum Gasteiger partial charge on any atom is -0.443 e. The van der Waals surface area contributed by atoms with Gasteiger partial charge in [-0.3, -0.25) is 0 Å². The second-order valence-electron chi connectivity index (χ2n) is 4.80. The van der Waals surface area contributed by atoms with Gasteiger partial charge in [0.15, 0.2) is 0 Å². The Kier molecular flexibility index (Phi) is 3.24. The van der Waals surface area contributed by atoms with E-state index in [1.165, 1.54) is 0 Å². The Labute approximate surface area is 104 Å². The predicted octanol–water partition coefficient (Wildman–Crippen LogP) is 2.88. The van der Waals surface area contributed by atoms with Gasteiger partial charge in [-0.2, -0.15) is 0 Å². The molecular formula is C13H15F2NO2. The fraction of sp³-hybridized carbons (Fsp3) is 0.462. The molecule has 1 fully saturated rings. The molecule has 0 spiro atoms. The highest BCUT2D eigenvalue weighted by Crippen LogP contribution is 2.45. The molecule has 0 unspecified atom stereocenters. The minimum atomic E-state index is -2.79. The highest BCUT2D eigenvalue weighted by molar-refractivity contribution is 5.65. The van der Waals surface area contributed by atoms with Crippen molar-refractivity contribution in [2.75, 3.05) is 0 Å². The molecule has 1 aromatic carbocycles. The summed E-state index contributed by atoms with van der Waals surface area (Å²) in [6, 6.07) is 9.13. The zero-order chi connectivity index (χ0) is 13.2. The standard InChI is InChI=1S/C13H15F2NO2/c14-13(15)7-6-12(9-13,18-11(16)17)8-10-4-2-1-3-5-10/h1-5H,6-9H2,(H2,16,17)/t12-/m1/s1. The van der Waals surface area contributed by atoms with Crippen LogP contribution in [0.1, 0.15) is 24.8 Å². The zero-order valence-corrected chi connectivity index (χ0v) is 9.86. The number of halogens is 2. The third-order valence-corrected chi connectivity index (χ3v) is 3.21. The topological polar surface area (TPSA) is 52.3 Å². The minimum absolute atomic E-state index is 0.137. The summed E-state index contributed by atoms with van der Waals surface area (Å²) in [5, 5.41) is 0. The fourth-order valence-electron chi connectivity index (χ4n) is 2.51. The van der Waals surface area contributed by atoms with E-state index in [-0.39, 0.29) is 19.3 Å². The highest BCUT2D eigenvalue weighted by Gasteiger charge is 2.51. The van der Waals surface area contributed by atoms with Gasteiger partial charge >= 0.3 is 6.09 Å². The maximum atomic E-state index is 13.4. The summed E-state index contributed by atoms with van der Waals surface area (Å²) in [6.45, 7) is 0. The number of ether oxygens (including phenoxy) is 1. The van der Waals surface area contributed by atoms with Crippen molar-refractivity contribution in [1.29, 1.82) is 0 Å². The maximum absolute atomic E-state index is 13.4. The van der Waals surface area contributed by atoms with Crippen LogP contribution >= 0.6 is 0 Å². The Balaban J connectivity index is 2.19. The van der Waals surface area contributed by atoms with E-state index in [1.807, 2.05) is 30.3 Å². The van der Waals surface area contributed by atoms with E-state index in [2.05, 4.69) is 0 Å². The summed E-state index contributed by atoms with van der Waals surface area (Å²) < 4.78 is 31.7. The summed E-state index contributed by atoms with van der Waals surface area (Å²) in [7, 11) is 0. The number of alkyl halides is 2. The van der Waals surface area contributed by atoms with Crippen molar-refractivity contribution in [1.82, 2.24) is 0 Å². The summed E-state index contributed by atoms with van der Waals surface area (Å²) in [5.41, 5.74) is 4.68. The van der Waals surface area contributed by atoms with E-state index >= 15 is 0 Å². The van der Waals surface area contributed by atoms with Gasteiger partial charge in [-0.25, -0.2) is 13.6 Å². The van der Waals surface area contributed by atoms with E-state index < -0.39 is 24.0 Å². The van der Waals surface area contributed by atoms with Crippen LogP contribution in [-0.2, 0) is 11.2 Å². The lowest BCUT2D eigenvalue weighted by Crippen LogP contribution is -2.38. The first-order valence-corrected chi connectivity index (χ1v) is 5.81. The molecule has 0 aliphatic heterocycles. The van der Waals surface area contributed by atoms with Crippen molar-refractivity contribution in [3.05, 3.63) is 35.9 Å². The zero-order valence-electron chi connectivity index (χ0n) is 9.86. The lowest BCUT2D eigenvalue weighted by atomic mass is 9.92. The van der Waals surface area contributed by atoms with Gasteiger partial charge in [-0.05, 0) is 12.0 Å². The fourth-order valence-corrected chi connectivity index (χ4v) is 2.51. The van der Waals surface area contributed by atoms with E-state index in [1.54, 1.807) is 0 Å². The summed E-state index contributed by atoms with van der Waals surface area (Å²) in [6.07, 6.45) is -1.32. The quantitative estimate of drug-likeness (QED) is 0.902. The normalized spacial score (nSPS) is 25.9. The average molecular weight is 255 g/mol. The second kappa shape index (κ2) is 4.55. The van der Waals surface area contributed by atoms with Crippen LogP contribution < -0.4 is 5.73 Å². The molecule has 0 saturated heterocycles. The average Bonchev–Trinajstić information content (AvgIpc) is 2.54. The van der Waals surface area contributed by atoms with Gasteiger partial charge in [0.05, 0.1) is 6.42 Å². The van der Waals surface area contributed by atoms with Gasteiger partial charge in [-0.1, -0.05) is 30.3 Å². The maximum Gasteiger partial charge on any atom is 0.405 e. The molecule has 0 bridgehead atoms. The SMILES string of the molecule is NC(=O)O[C@@]1(Cc2ccccc2)CCC(F)(F)C1. The molecule has 1 saturated carbocycles. The Morgan fingerprint density at radius 3 is 2.44 bits per heavy atom. The molecular weight excluding hydrogens is 240 g/mol. The Bertz CT molecular complexity index is 436. The third kappa shape index (κ3) is 2.97. The molecule has 1 aliphatic carbocycles. The van der Waals surface area contributed by atoms with Crippen LogP contribution in [0.4, 0.5) is 13.6 Å². The molecule has 98 valence electrons. The van der Waals surface area contributed by atoms with Crippen molar-refractivity contribution in [3.63, 3.8) is 0 Å². The Morgan fingerprint density at radius 2 is 1.94 bits per heavy atom. The van der Waals surface area contributed by atoms with E-state index in [4.69, 9.17) is 10.5 Å². The van der Waals surface area contributed by atoms with Crippen LogP contribution in [0.25, 0.3) is 0 Å². The first-order chi connectivity index (χ1) is 8.41. The van der Waals surface area contributed by atoms with Crippen molar-refractivity contribution in [2.24, 2.45) is 5.73 Å². The number of hydrogen-bond donors (Lipinski definition) is 1. The monoisotopic (exact) mass is 255 g/mol. The van der Waals surface area contributed by atoms with Gasteiger partial charge in [0.1, 0.15) is 5.60 Å². The van der Waals surface area contributed by atoms with Crippen LogP contribution in [0.3, 0.4) is 0 Å². The Hall–Kier alpha value is -1.65. The van der Waals surface area contributed by atoms with Crippen LogP contribution in [0, 0.1) is 0 Å². The number of benzene rings is 1. The number of carbonyl (C=O) groups excluding carboxylic acids is 1. The van der Waals surface area contributed by atoms with Crippen LogP contribution in [-0.4, -0.2) is 17.6 Å². The van der Waals surface area contributed by atoms with Gasteiger partial charge in [0, 0.05) is 12.8 Å². The first-order valence-electron chi connectivity index (χ1n) is 5.81. The van der Waals surface area contributed by atoms with Gasteiger partial charge in [0.2, 0.25) is 0 Å². The number of hydrogen-bond acceptors (Lipinski definition) is 2. The van der Waals surface area contributed by atoms with Crippen LogP contribution in [0.2, 0.25) is 0 Å². The van der Waals surface area contributed by atoms with Crippen molar-refractivity contribution < 1.29 is 18.3 Å². The lowest BCUT2D eigenvalue weighted by Gasteiger charge is -2.28. The summed E-state index contributed by atoms with van der Waals surface area (Å²) in [5.74, 6) is -2.79. The molecule has 1 atom stereocenters. The molecule has 3 nitrogen and oxygen atoms in total. The molecule has 2 N–H and O–H groups in total. The van der Waals surface area contributed by atoms with Gasteiger partial charge < -0.3 is 10.5 Å². The summed E-state index contributed by atoms with van der Waals surface area (Å²) in [4.78, 5) is 10.9. The molecule has 18 heavy (non-hydrogen) atoms. The van der Waals surface area contributed by atoms with Crippen molar-refractivity contribution in [3.8, 4) is 0 Å². The molecule has 1 amide bonds. The number of rotatable bonds is 3.